The number of methoxy groups -OCH3 is 1. The van der Waals surface area contributed by atoms with Crippen LogP contribution in [-0.4, -0.2) is 13.9 Å². The van der Waals surface area contributed by atoms with E-state index in [1.807, 2.05) is 54.6 Å². The Kier molecular flexibility index (Phi) is 4.69. The maximum Gasteiger partial charge on any atom is 0.416 e. The third-order valence-electron chi connectivity index (χ3n) is 4.68. The quantitative estimate of drug-likeness (QED) is 0.290. The van der Waals surface area contributed by atoms with Crippen molar-refractivity contribution in [2.45, 2.75) is 6.18 Å². The van der Waals surface area contributed by atoms with E-state index in [9.17, 15) is 13.2 Å². The summed E-state index contributed by atoms with van der Waals surface area (Å²) in [4.78, 5) is 0. The Morgan fingerprint density at radius 1 is 0.786 bits per heavy atom. The molecular weight excluding hydrogens is 365 g/mol. The molecule has 4 aromatic carbocycles. The summed E-state index contributed by atoms with van der Waals surface area (Å²) in [5.41, 5.74) is 0.384. The molecule has 4 aromatic rings. The van der Waals surface area contributed by atoms with Crippen LogP contribution in [0.25, 0.3) is 32.7 Å². The summed E-state index contributed by atoms with van der Waals surface area (Å²) in [7, 11) is 1.47. The van der Waals surface area contributed by atoms with Crippen LogP contribution in [0.3, 0.4) is 0 Å². The number of fused-ring (bicyclic) bond motifs is 2. The number of hydrogen-bond acceptors (Lipinski definition) is 2. The molecule has 0 spiro atoms. The molecule has 0 fully saturated rings. The van der Waals surface area contributed by atoms with Crippen LogP contribution < -0.4 is 4.74 Å². The first-order chi connectivity index (χ1) is 13.5. The standard InChI is InChI=1S/C23H17F3O2/c1-27-14-28-21-11-10-17(23(24,25)26)13-20(21)22-18-8-4-2-6-15(18)12-16-7-3-5-9-19(16)22/h2-13H,14H2,1H3. The monoisotopic (exact) mass is 382 g/mol. The van der Waals surface area contributed by atoms with Crippen LogP contribution in [0.2, 0.25) is 0 Å². The highest BCUT2D eigenvalue weighted by atomic mass is 19.4. The van der Waals surface area contributed by atoms with Crippen LogP contribution in [0.5, 0.6) is 5.75 Å². The highest BCUT2D eigenvalue weighted by molar-refractivity contribution is 6.13. The fourth-order valence-corrected chi connectivity index (χ4v) is 3.45. The molecular formula is C23H17F3O2. The minimum atomic E-state index is -4.45. The minimum Gasteiger partial charge on any atom is -0.467 e. The van der Waals surface area contributed by atoms with Crippen LogP contribution in [-0.2, 0) is 10.9 Å². The Bertz CT molecular complexity index is 1100. The van der Waals surface area contributed by atoms with Crippen LogP contribution in [0, 0.1) is 0 Å². The molecule has 142 valence electrons. The van der Waals surface area contributed by atoms with Gasteiger partial charge in [0.2, 0.25) is 0 Å². The fourth-order valence-electron chi connectivity index (χ4n) is 3.45. The highest BCUT2D eigenvalue weighted by Crippen LogP contribution is 2.43. The van der Waals surface area contributed by atoms with E-state index in [2.05, 4.69) is 0 Å². The zero-order valence-electron chi connectivity index (χ0n) is 15.1. The topological polar surface area (TPSA) is 18.5 Å². The molecule has 0 bridgehead atoms. The van der Waals surface area contributed by atoms with E-state index in [0.717, 1.165) is 33.7 Å². The molecule has 0 aliphatic carbocycles. The average Bonchev–Trinajstić information content (AvgIpc) is 2.69. The summed E-state index contributed by atoms with van der Waals surface area (Å²) in [6.07, 6.45) is -4.45. The largest absolute Gasteiger partial charge is 0.467 e. The van der Waals surface area contributed by atoms with Gasteiger partial charge in [0.15, 0.2) is 6.79 Å². The molecule has 0 radical (unpaired) electrons. The van der Waals surface area contributed by atoms with Crippen molar-refractivity contribution in [3.05, 3.63) is 78.4 Å². The van der Waals surface area contributed by atoms with Gasteiger partial charge in [-0.15, -0.1) is 0 Å². The van der Waals surface area contributed by atoms with Crippen molar-refractivity contribution in [3.63, 3.8) is 0 Å². The molecule has 0 saturated heterocycles. The maximum absolute atomic E-state index is 13.4. The SMILES string of the molecule is COCOc1ccc(C(F)(F)F)cc1-c1c2ccccc2cc2ccccc12. The van der Waals surface area contributed by atoms with Crippen LogP contribution >= 0.6 is 0 Å². The van der Waals surface area contributed by atoms with Gasteiger partial charge in [-0.05, 0) is 45.8 Å². The average molecular weight is 382 g/mol. The summed E-state index contributed by atoms with van der Waals surface area (Å²) < 4.78 is 50.9. The lowest BCUT2D eigenvalue weighted by atomic mass is 9.91. The van der Waals surface area contributed by atoms with Crippen LogP contribution in [0.1, 0.15) is 5.56 Å². The number of halogens is 3. The minimum absolute atomic E-state index is 0.0545. The summed E-state index contributed by atoms with van der Waals surface area (Å²) >= 11 is 0. The molecule has 0 N–H and O–H groups in total. The fraction of sp³-hybridized carbons (Fsp3) is 0.130. The van der Waals surface area contributed by atoms with Gasteiger partial charge >= 0.3 is 6.18 Å². The van der Waals surface area contributed by atoms with Gasteiger partial charge in [-0.25, -0.2) is 0 Å². The smallest absolute Gasteiger partial charge is 0.416 e. The van der Waals surface area contributed by atoms with Crippen molar-refractivity contribution in [1.29, 1.82) is 0 Å². The summed E-state index contributed by atoms with van der Waals surface area (Å²) in [6, 6.07) is 20.9. The van der Waals surface area contributed by atoms with Gasteiger partial charge in [0.1, 0.15) is 5.75 Å². The molecule has 0 aromatic heterocycles. The Hall–Kier alpha value is -3.05. The first kappa shape index (κ1) is 18.3. The summed E-state index contributed by atoms with van der Waals surface area (Å²) in [5, 5.41) is 3.63. The molecule has 0 atom stereocenters. The van der Waals surface area contributed by atoms with E-state index >= 15 is 0 Å². The lowest BCUT2D eigenvalue weighted by Crippen LogP contribution is -2.07. The molecule has 28 heavy (non-hydrogen) atoms. The van der Waals surface area contributed by atoms with Gasteiger partial charge in [0, 0.05) is 18.2 Å². The van der Waals surface area contributed by atoms with Crippen LogP contribution in [0.15, 0.2) is 72.8 Å². The van der Waals surface area contributed by atoms with Crippen molar-refractivity contribution < 1.29 is 22.6 Å². The summed E-state index contributed by atoms with van der Waals surface area (Å²) in [6.45, 7) is -0.0545. The first-order valence-corrected chi connectivity index (χ1v) is 8.73. The Labute approximate surface area is 160 Å². The van der Waals surface area contributed by atoms with Crippen molar-refractivity contribution in [1.82, 2.24) is 0 Å². The van der Waals surface area contributed by atoms with Gasteiger partial charge in [0.25, 0.3) is 0 Å². The molecule has 0 aliphatic rings. The van der Waals surface area contributed by atoms with Crippen molar-refractivity contribution in [3.8, 4) is 16.9 Å². The lowest BCUT2D eigenvalue weighted by Gasteiger charge is -2.18. The second-order valence-electron chi connectivity index (χ2n) is 6.45. The summed E-state index contributed by atoms with van der Waals surface area (Å²) in [5.74, 6) is 0.344. The second kappa shape index (κ2) is 7.17. The molecule has 0 saturated carbocycles. The van der Waals surface area contributed by atoms with E-state index in [1.165, 1.54) is 13.2 Å². The molecule has 2 nitrogen and oxygen atoms in total. The molecule has 0 aliphatic heterocycles. The van der Waals surface area contributed by atoms with Gasteiger partial charge in [-0.2, -0.15) is 13.2 Å². The molecule has 5 heteroatoms. The maximum atomic E-state index is 13.4. The predicted molar refractivity (Wildman–Crippen MR) is 104 cm³/mol. The molecule has 0 heterocycles. The number of benzene rings is 4. The van der Waals surface area contributed by atoms with Crippen molar-refractivity contribution >= 4 is 21.5 Å². The predicted octanol–water partition coefficient (Wildman–Crippen LogP) is 6.66. The van der Waals surface area contributed by atoms with Gasteiger partial charge in [-0.3, -0.25) is 0 Å². The second-order valence-corrected chi connectivity index (χ2v) is 6.45. The Morgan fingerprint density at radius 2 is 1.39 bits per heavy atom. The third-order valence-corrected chi connectivity index (χ3v) is 4.68. The van der Waals surface area contributed by atoms with Gasteiger partial charge in [0.05, 0.1) is 5.56 Å². The van der Waals surface area contributed by atoms with E-state index in [0.29, 0.717) is 16.9 Å². The van der Waals surface area contributed by atoms with E-state index in [-0.39, 0.29) is 6.79 Å². The molecule has 0 unspecified atom stereocenters. The zero-order chi connectivity index (χ0) is 19.7. The lowest BCUT2D eigenvalue weighted by molar-refractivity contribution is -0.137. The number of ether oxygens (including phenoxy) is 2. The zero-order valence-corrected chi connectivity index (χ0v) is 15.1. The number of hydrogen-bond donors (Lipinski definition) is 0. The van der Waals surface area contributed by atoms with Gasteiger partial charge in [-0.1, -0.05) is 48.5 Å². The van der Waals surface area contributed by atoms with Gasteiger partial charge < -0.3 is 9.47 Å². The Morgan fingerprint density at radius 3 is 1.96 bits per heavy atom. The van der Waals surface area contributed by atoms with E-state index in [4.69, 9.17) is 9.47 Å². The van der Waals surface area contributed by atoms with E-state index < -0.39 is 11.7 Å². The Balaban J connectivity index is 2.10. The van der Waals surface area contributed by atoms with Crippen LogP contribution in [0.4, 0.5) is 13.2 Å². The number of rotatable bonds is 4. The first-order valence-electron chi connectivity index (χ1n) is 8.73. The highest BCUT2D eigenvalue weighted by Gasteiger charge is 2.31. The molecule has 4 rings (SSSR count). The molecule has 0 amide bonds. The number of alkyl halides is 3. The van der Waals surface area contributed by atoms with E-state index in [1.54, 1.807) is 0 Å². The van der Waals surface area contributed by atoms with Crippen molar-refractivity contribution in [2.75, 3.05) is 13.9 Å². The normalized spacial score (nSPS) is 11.9. The third kappa shape index (κ3) is 3.29. The van der Waals surface area contributed by atoms with Crippen molar-refractivity contribution in [2.24, 2.45) is 0 Å².